The number of benzene rings is 2. The van der Waals surface area contributed by atoms with Crippen LogP contribution in [0, 0.1) is 0 Å². The van der Waals surface area contributed by atoms with E-state index >= 15 is 0 Å². The monoisotopic (exact) mass is 446 g/mol. The number of ether oxygens (including phenoxy) is 2. The molecule has 0 fully saturated rings. The first-order chi connectivity index (χ1) is 13.3. The third-order valence-electron chi connectivity index (χ3n) is 3.57. The number of carbonyl (C=O) groups is 1. The highest BCUT2D eigenvalue weighted by Gasteiger charge is 2.13. The number of nitrogens with one attached hydrogen (secondary N) is 2. The number of methoxy groups -OCH3 is 1. The van der Waals surface area contributed by atoms with Crippen LogP contribution in [0.5, 0.6) is 5.75 Å². The first-order valence-corrected chi connectivity index (χ1v) is 10.5. The van der Waals surface area contributed by atoms with Gasteiger partial charge in [-0.05, 0) is 29.8 Å². The summed E-state index contributed by atoms with van der Waals surface area (Å²) in [5, 5.41) is 3.49. The molecule has 0 aliphatic carbocycles. The van der Waals surface area contributed by atoms with Crippen LogP contribution in [-0.2, 0) is 26.1 Å². The van der Waals surface area contributed by atoms with Crippen molar-refractivity contribution in [2.75, 3.05) is 26.9 Å². The van der Waals surface area contributed by atoms with Gasteiger partial charge in [-0.3, -0.25) is 4.79 Å². The first-order valence-electron chi connectivity index (χ1n) is 8.24. The average molecular weight is 447 g/mol. The third kappa shape index (κ3) is 6.96. The molecule has 0 radical (unpaired) electrons. The molecular weight excluding hydrogens is 427 g/mol. The summed E-state index contributed by atoms with van der Waals surface area (Å²) in [5.41, 5.74) is 0.741. The number of halogens is 2. The highest BCUT2D eigenvalue weighted by molar-refractivity contribution is 7.89. The van der Waals surface area contributed by atoms with Crippen molar-refractivity contribution in [3.05, 3.63) is 58.1 Å². The Morgan fingerprint density at radius 2 is 1.82 bits per heavy atom. The molecule has 0 atom stereocenters. The molecule has 2 N–H and O–H groups in total. The molecule has 0 spiro atoms. The molecule has 2 aromatic carbocycles. The topological polar surface area (TPSA) is 93.7 Å². The molecule has 152 valence electrons. The summed E-state index contributed by atoms with van der Waals surface area (Å²) in [6, 6.07) is 10.9. The molecule has 7 nitrogen and oxygen atoms in total. The van der Waals surface area contributed by atoms with Gasteiger partial charge in [0, 0.05) is 31.3 Å². The lowest BCUT2D eigenvalue weighted by Crippen LogP contribution is -2.28. The van der Waals surface area contributed by atoms with Crippen molar-refractivity contribution in [1.82, 2.24) is 10.0 Å². The highest BCUT2D eigenvalue weighted by atomic mass is 35.5. The highest BCUT2D eigenvalue weighted by Crippen LogP contribution is 2.27. The fraction of sp³-hybridized carbons (Fsp3) is 0.278. The van der Waals surface area contributed by atoms with E-state index in [0.717, 1.165) is 5.56 Å². The van der Waals surface area contributed by atoms with E-state index in [9.17, 15) is 13.2 Å². The van der Waals surface area contributed by atoms with Gasteiger partial charge in [0.2, 0.25) is 10.0 Å². The molecule has 0 bridgehead atoms. The van der Waals surface area contributed by atoms with Gasteiger partial charge in [-0.15, -0.1) is 0 Å². The minimum Gasteiger partial charge on any atom is -0.482 e. The van der Waals surface area contributed by atoms with E-state index in [0.29, 0.717) is 15.8 Å². The van der Waals surface area contributed by atoms with Gasteiger partial charge in [0.05, 0.1) is 16.5 Å². The van der Waals surface area contributed by atoms with Gasteiger partial charge in [-0.25, -0.2) is 13.1 Å². The zero-order valence-electron chi connectivity index (χ0n) is 15.1. The van der Waals surface area contributed by atoms with E-state index in [2.05, 4.69) is 10.0 Å². The molecule has 0 unspecified atom stereocenters. The van der Waals surface area contributed by atoms with Crippen LogP contribution < -0.4 is 14.8 Å². The third-order valence-corrected chi connectivity index (χ3v) is 5.60. The zero-order chi connectivity index (χ0) is 20.6. The van der Waals surface area contributed by atoms with E-state index in [1.807, 2.05) is 0 Å². The fourth-order valence-corrected chi connectivity index (χ4v) is 3.48. The Labute approximate surface area is 174 Å². The summed E-state index contributed by atoms with van der Waals surface area (Å²) in [6.45, 7) is 0.470. The Balaban J connectivity index is 1.84. The molecule has 0 aliphatic heterocycles. The molecule has 1 amide bonds. The normalized spacial score (nSPS) is 11.2. The standard InChI is InChI=1S/C18H20Cl2N2O5S/c1-26-9-8-22-28(24,25)15-5-2-13(3-6-15)11-21-18(23)12-27-17-10-14(19)4-7-16(17)20/h2-7,10,22H,8-9,11-12H2,1H3,(H,21,23). The minimum absolute atomic E-state index is 0.137. The Kier molecular flexibility index (Phi) is 8.53. The predicted molar refractivity (Wildman–Crippen MR) is 107 cm³/mol. The van der Waals surface area contributed by atoms with Crippen LogP contribution in [0.2, 0.25) is 10.0 Å². The van der Waals surface area contributed by atoms with Crippen molar-refractivity contribution >= 4 is 39.1 Å². The molecule has 10 heteroatoms. The lowest BCUT2D eigenvalue weighted by atomic mass is 10.2. The maximum absolute atomic E-state index is 12.1. The molecule has 2 rings (SSSR count). The first kappa shape index (κ1) is 22.4. The molecular formula is C18H20Cl2N2O5S. The van der Waals surface area contributed by atoms with Crippen molar-refractivity contribution in [2.24, 2.45) is 0 Å². The van der Waals surface area contributed by atoms with Crippen LogP contribution >= 0.6 is 23.2 Å². The average Bonchev–Trinajstić information content (AvgIpc) is 2.67. The van der Waals surface area contributed by atoms with Crippen molar-refractivity contribution < 1.29 is 22.7 Å². The Morgan fingerprint density at radius 1 is 1.11 bits per heavy atom. The summed E-state index contributed by atoms with van der Waals surface area (Å²) in [5.74, 6) is -0.0335. The van der Waals surface area contributed by atoms with Crippen LogP contribution in [0.15, 0.2) is 47.4 Å². The van der Waals surface area contributed by atoms with Crippen LogP contribution in [0.4, 0.5) is 0 Å². The van der Waals surface area contributed by atoms with Gasteiger partial charge in [-0.2, -0.15) is 0 Å². The van der Waals surface area contributed by atoms with Gasteiger partial charge in [0.25, 0.3) is 5.91 Å². The SMILES string of the molecule is COCCNS(=O)(=O)c1ccc(CNC(=O)COc2cc(Cl)ccc2Cl)cc1. The van der Waals surface area contributed by atoms with Crippen LogP contribution in [0.25, 0.3) is 0 Å². The maximum atomic E-state index is 12.1. The molecule has 0 aromatic heterocycles. The number of carbonyl (C=O) groups excluding carboxylic acids is 1. The quantitative estimate of drug-likeness (QED) is 0.547. The van der Waals surface area contributed by atoms with Gasteiger partial charge in [0.15, 0.2) is 6.61 Å². The number of rotatable bonds is 10. The van der Waals surface area contributed by atoms with Gasteiger partial charge in [0.1, 0.15) is 5.75 Å². The van der Waals surface area contributed by atoms with E-state index in [-0.39, 0.29) is 37.1 Å². The zero-order valence-corrected chi connectivity index (χ0v) is 17.4. The van der Waals surface area contributed by atoms with E-state index in [1.54, 1.807) is 24.3 Å². The van der Waals surface area contributed by atoms with Crippen LogP contribution in [0.3, 0.4) is 0 Å². The van der Waals surface area contributed by atoms with Crippen molar-refractivity contribution in [3.8, 4) is 5.75 Å². The van der Waals surface area contributed by atoms with E-state index in [1.165, 1.54) is 25.3 Å². The summed E-state index contributed by atoms with van der Waals surface area (Å²) < 4.78 is 36.8. The molecule has 2 aromatic rings. The number of hydrogen-bond donors (Lipinski definition) is 2. The molecule has 0 heterocycles. The van der Waals surface area contributed by atoms with Crippen molar-refractivity contribution in [3.63, 3.8) is 0 Å². The van der Waals surface area contributed by atoms with Crippen molar-refractivity contribution in [1.29, 1.82) is 0 Å². The molecule has 0 saturated carbocycles. The van der Waals surface area contributed by atoms with Gasteiger partial charge in [-0.1, -0.05) is 35.3 Å². The van der Waals surface area contributed by atoms with Gasteiger partial charge >= 0.3 is 0 Å². The molecule has 0 aliphatic rings. The Morgan fingerprint density at radius 3 is 2.50 bits per heavy atom. The fourth-order valence-electron chi connectivity index (χ4n) is 2.13. The van der Waals surface area contributed by atoms with E-state index in [4.69, 9.17) is 32.7 Å². The maximum Gasteiger partial charge on any atom is 0.258 e. The molecule has 28 heavy (non-hydrogen) atoms. The Hall–Kier alpha value is -1.84. The second-order valence-electron chi connectivity index (χ2n) is 5.67. The van der Waals surface area contributed by atoms with Gasteiger partial charge < -0.3 is 14.8 Å². The van der Waals surface area contributed by atoms with Crippen molar-refractivity contribution in [2.45, 2.75) is 11.4 Å². The predicted octanol–water partition coefficient (Wildman–Crippen LogP) is 2.61. The second kappa shape index (κ2) is 10.6. The summed E-state index contributed by atoms with van der Waals surface area (Å²) in [4.78, 5) is 12.1. The summed E-state index contributed by atoms with van der Waals surface area (Å²) in [7, 11) is -2.10. The second-order valence-corrected chi connectivity index (χ2v) is 8.29. The summed E-state index contributed by atoms with van der Waals surface area (Å²) in [6.07, 6.45) is 0. The lowest BCUT2D eigenvalue weighted by molar-refractivity contribution is -0.123. The smallest absolute Gasteiger partial charge is 0.258 e. The molecule has 0 saturated heterocycles. The minimum atomic E-state index is -3.59. The van der Waals surface area contributed by atoms with Crippen LogP contribution in [0.1, 0.15) is 5.56 Å². The Bertz CT molecular complexity index is 905. The lowest BCUT2D eigenvalue weighted by Gasteiger charge is -2.10. The number of hydrogen-bond acceptors (Lipinski definition) is 5. The number of sulfonamides is 1. The van der Waals surface area contributed by atoms with E-state index < -0.39 is 10.0 Å². The number of amides is 1. The summed E-state index contributed by atoms with van der Waals surface area (Å²) >= 11 is 11.8. The van der Waals surface area contributed by atoms with Crippen LogP contribution in [-0.4, -0.2) is 41.2 Å². The largest absolute Gasteiger partial charge is 0.482 e.